The van der Waals surface area contributed by atoms with Gasteiger partial charge in [0.25, 0.3) is 0 Å². The summed E-state index contributed by atoms with van der Waals surface area (Å²) in [7, 11) is 0. The van der Waals surface area contributed by atoms with Gasteiger partial charge in [-0.15, -0.1) is 0 Å². The van der Waals surface area contributed by atoms with E-state index in [1.165, 1.54) is 0 Å². The van der Waals surface area contributed by atoms with E-state index in [2.05, 4.69) is 31.1 Å². The molecule has 0 radical (unpaired) electrons. The molecule has 0 amide bonds. The van der Waals surface area contributed by atoms with Crippen LogP contribution in [-0.2, 0) is 0 Å². The summed E-state index contributed by atoms with van der Waals surface area (Å²) in [5, 5.41) is 8.93. The van der Waals surface area contributed by atoms with Gasteiger partial charge in [0.05, 0.1) is 11.4 Å². The molecule has 0 aliphatic carbocycles. The quantitative estimate of drug-likeness (QED) is 0.184. The van der Waals surface area contributed by atoms with Crippen molar-refractivity contribution < 1.29 is 0 Å². The third-order valence-electron chi connectivity index (χ3n) is 4.06. The molecule has 0 aliphatic rings. The highest BCUT2D eigenvalue weighted by Crippen LogP contribution is 2.15. The number of benzene rings is 2. The van der Waals surface area contributed by atoms with Crippen LogP contribution < -0.4 is 22.5 Å². The van der Waals surface area contributed by atoms with E-state index < -0.39 is 0 Å². The minimum Gasteiger partial charge on any atom is -0.310 e. The lowest BCUT2D eigenvalue weighted by molar-refractivity contribution is 0.665. The van der Waals surface area contributed by atoms with Gasteiger partial charge in [-0.2, -0.15) is 10.2 Å². The number of hydrogen-bond donors (Lipinski definition) is 4. The topological polar surface area (TPSA) is 126 Å². The lowest BCUT2D eigenvalue weighted by atomic mass is 10.2. The fraction of sp³-hybridized carbons (Fsp3) is 0.300. The molecular formula is C20H28N8. The maximum absolute atomic E-state index is 5.69. The minimum absolute atomic E-state index is 0.296. The van der Waals surface area contributed by atoms with Gasteiger partial charge in [0.2, 0.25) is 0 Å². The Bertz CT molecular complexity index is 719. The lowest BCUT2D eigenvalue weighted by Crippen LogP contribution is -2.39. The molecule has 0 saturated heterocycles. The molecule has 2 rings (SSSR count). The Hall–Kier alpha value is -3.10. The van der Waals surface area contributed by atoms with Crippen molar-refractivity contribution in [2.45, 2.75) is 38.8 Å². The molecule has 0 heterocycles. The number of aliphatic imine (C=N–C) groups is 2. The Morgan fingerprint density at radius 2 is 1.07 bits per heavy atom. The second-order valence-corrected chi connectivity index (χ2v) is 6.03. The largest absolute Gasteiger partial charge is 0.310 e. The van der Waals surface area contributed by atoms with Crippen LogP contribution in [0.25, 0.3) is 0 Å². The van der Waals surface area contributed by atoms with E-state index in [9.17, 15) is 0 Å². The van der Waals surface area contributed by atoms with Gasteiger partial charge >= 0.3 is 0 Å². The molecule has 0 bridgehead atoms. The predicted octanol–water partition coefficient (Wildman–Crippen LogP) is 3.38. The third kappa shape index (κ3) is 6.26. The Morgan fingerprint density at radius 3 is 1.36 bits per heavy atom. The van der Waals surface area contributed by atoms with Gasteiger partial charge in [0, 0.05) is 0 Å². The molecule has 0 aliphatic heterocycles. The minimum atomic E-state index is -0.296. The van der Waals surface area contributed by atoms with Gasteiger partial charge in [-0.05, 0) is 37.1 Å². The van der Waals surface area contributed by atoms with E-state index in [0.717, 1.165) is 11.4 Å². The van der Waals surface area contributed by atoms with Gasteiger partial charge < -0.3 is 10.9 Å². The van der Waals surface area contributed by atoms with Crippen LogP contribution in [0.5, 0.6) is 0 Å². The number of nitrogens with one attached hydrogen (secondary N) is 2. The number of nitrogens with two attached hydrogens (primary N) is 2. The molecule has 2 atom stereocenters. The molecule has 148 valence electrons. The molecular weight excluding hydrogens is 352 g/mol. The summed E-state index contributed by atoms with van der Waals surface area (Å²) >= 11 is 0. The number of amidine groups is 2. The van der Waals surface area contributed by atoms with E-state index in [0.29, 0.717) is 24.5 Å². The van der Waals surface area contributed by atoms with Crippen LogP contribution in [0.2, 0.25) is 0 Å². The first-order chi connectivity index (χ1) is 13.7. The number of para-hydroxylation sites is 2. The van der Waals surface area contributed by atoms with E-state index >= 15 is 0 Å². The van der Waals surface area contributed by atoms with Gasteiger partial charge in [0.15, 0.2) is 0 Å². The Labute approximate surface area is 165 Å². The van der Waals surface area contributed by atoms with Crippen molar-refractivity contribution in [3.05, 3.63) is 60.7 Å². The lowest BCUT2D eigenvalue weighted by Gasteiger charge is -2.15. The molecule has 8 heteroatoms. The van der Waals surface area contributed by atoms with Crippen LogP contribution >= 0.6 is 0 Å². The molecule has 0 spiro atoms. The third-order valence-corrected chi connectivity index (χ3v) is 4.06. The van der Waals surface area contributed by atoms with Crippen LogP contribution in [-0.4, -0.2) is 23.8 Å². The standard InChI is InChI=1S/C20H28N8/c1-3-17(19(25-21)23-15-11-7-5-8-12-15)27-28-18(4-2)20(26-22)24-16-13-9-6-10-14-16/h5-14,17-18H,3-4,21-22H2,1-2H3,(H,23,25)(H,24,26). The normalized spacial score (nSPS) is 14.7. The van der Waals surface area contributed by atoms with Crippen molar-refractivity contribution in [3.8, 4) is 0 Å². The van der Waals surface area contributed by atoms with Crippen molar-refractivity contribution >= 4 is 23.0 Å². The Kier molecular flexibility index (Phi) is 8.77. The van der Waals surface area contributed by atoms with E-state index in [1.54, 1.807) is 0 Å². The zero-order valence-corrected chi connectivity index (χ0v) is 16.3. The highest BCUT2D eigenvalue weighted by atomic mass is 15.3. The van der Waals surface area contributed by atoms with Crippen LogP contribution in [0, 0.1) is 0 Å². The van der Waals surface area contributed by atoms with Crippen LogP contribution in [0.15, 0.2) is 80.9 Å². The van der Waals surface area contributed by atoms with Gasteiger partial charge in [-0.25, -0.2) is 21.7 Å². The van der Waals surface area contributed by atoms with Crippen molar-refractivity contribution in [2.75, 3.05) is 0 Å². The number of azo groups is 1. The SMILES string of the molecule is CCC(N=NC(CC)C(=Nc1ccccc1)NN)C(=Nc1ccccc1)NN. The maximum Gasteiger partial charge on any atom is 0.143 e. The average Bonchev–Trinajstić information content (AvgIpc) is 2.76. The summed E-state index contributed by atoms with van der Waals surface area (Å²) in [5.74, 6) is 12.5. The Balaban J connectivity index is 2.22. The molecule has 0 saturated carbocycles. The summed E-state index contributed by atoms with van der Waals surface area (Å²) in [6.07, 6.45) is 1.38. The van der Waals surface area contributed by atoms with E-state index in [4.69, 9.17) is 11.7 Å². The van der Waals surface area contributed by atoms with Crippen molar-refractivity contribution in [1.82, 2.24) is 10.9 Å². The second-order valence-electron chi connectivity index (χ2n) is 6.03. The highest BCUT2D eigenvalue weighted by molar-refractivity contribution is 5.90. The summed E-state index contributed by atoms with van der Waals surface area (Å²) in [6.45, 7) is 4.01. The molecule has 0 aromatic heterocycles. The first-order valence-corrected chi connectivity index (χ1v) is 9.32. The fourth-order valence-corrected chi connectivity index (χ4v) is 2.51. The smallest absolute Gasteiger partial charge is 0.143 e. The zero-order valence-electron chi connectivity index (χ0n) is 16.3. The average molecular weight is 381 g/mol. The highest BCUT2D eigenvalue weighted by Gasteiger charge is 2.16. The molecule has 8 nitrogen and oxygen atoms in total. The predicted molar refractivity (Wildman–Crippen MR) is 115 cm³/mol. The molecule has 6 N–H and O–H groups in total. The van der Waals surface area contributed by atoms with Gasteiger partial charge in [-0.1, -0.05) is 50.2 Å². The van der Waals surface area contributed by atoms with Gasteiger partial charge in [-0.3, -0.25) is 0 Å². The maximum atomic E-state index is 5.69. The molecule has 2 unspecified atom stereocenters. The monoisotopic (exact) mass is 380 g/mol. The summed E-state index contributed by atoms with van der Waals surface area (Å²) in [6, 6.07) is 18.6. The summed E-state index contributed by atoms with van der Waals surface area (Å²) in [5.41, 5.74) is 6.90. The first kappa shape index (κ1) is 21.2. The van der Waals surface area contributed by atoms with Crippen LogP contribution in [0.3, 0.4) is 0 Å². The number of rotatable bonds is 8. The molecule has 0 fully saturated rings. The first-order valence-electron chi connectivity index (χ1n) is 9.32. The molecule has 2 aromatic carbocycles. The van der Waals surface area contributed by atoms with Gasteiger partial charge in [0.1, 0.15) is 23.8 Å². The Morgan fingerprint density at radius 1 is 0.714 bits per heavy atom. The number of hydrazine groups is 2. The fourth-order valence-electron chi connectivity index (χ4n) is 2.51. The zero-order chi connectivity index (χ0) is 20.2. The van der Waals surface area contributed by atoms with Crippen molar-refractivity contribution in [2.24, 2.45) is 31.9 Å². The van der Waals surface area contributed by atoms with E-state index in [1.807, 2.05) is 74.5 Å². The summed E-state index contributed by atoms with van der Waals surface area (Å²) in [4.78, 5) is 9.08. The van der Waals surface area contributed by atoms with Crippen molar-refractivity contribution in [1.29, 1.82) is 0 Å². The molecule has 2 aromatic rings. The number of hydrogen-bond acceptors (Lipinski definition) is 6. The summed E-state index contributed by atoms with van der Waals surface area (Å²) < 4.78 is 0. The van der Waals surface area contributed by atoms with Crippen LogP contribution in [0.4, 0.5) is 11.4 Å². The second kappa shape index (κ2) is 11.6. The van der Waals surface area contributed by atoms with Crippen LogP contribution in [0.1, 0.15) is 26.7 Å². The van der Waals surface area contributed by atoms with E-state index in [-0.39, 0.29) is 12.1 Å². The number of nitrogens with zero attached hydrogens (tertiary/aromatic N) is 4. The molecule has 28 heavy (non-hydrogen) atoms. The van der Waals surface area contributed by atoms with Crippen molar-refractivity contribution in [3.63, 3.8) is 0 Å².